The van der Waals surface area contributed by atoms with Gasteiger partial charge in [0.25, 0.3) is 5.91 Å². The van der Waals surface area contributed by atoms with Gasteiger partial charge in [-0.2, -0.15) is 4.31 Å². The topological polar surface area (TPSA) is 108 Å². The maximum absolute atomic E-state index is 12.9. The lowest BCUT2D eigenvalue weighted by atomic mass is 10.2. The maximum atomic E-state index is 12.9. The van der Waals surface area contributed by atoms with Crippen molar-refractivity contribution < 1.29 is 27.5 Å². The van der Waals surface area contributed by atoms with E-state index >= 15 is 0 Å². The van der Waals surface area contributed by atoms with Crippen molar-refractivity contribution in [2.45, 2.75) is 10.9 Å². The standard InChI is InChI=1S/C17H18FN3O5S.ClH/c18-12-1-3-13(4-2-12)26-14-5-7-15(8-6-14)27(24,25)21-10-9-19-11-16(21)17(22)20-23;/h1-8,16,19,23H,9-11H2,(H,20,22);1H/t16-;/m1./s1. The number of nitrogens with one attached hydrogen (secondary N) is 2. The van der Waals surface area contributed by atoms with Crippen LogP contribution in [-0.4, -0.2) is 49.5 Å². The van der Waals surface area contributed by atoms with Gasteiger partial charge in [0.1, 0.15) is 23.4 Å². The predicted octanol–water partition coefficient (Wildman–Crippen LogP) is 1.51. The summed E-state index contributed by atoms with van der Waals surface area (Å²) in [7, 11) is -3.95. The number of hydroxylamine groups is 1. The molecule has 0 bridgehead atoms. The SMILES string of the molecule is Cl.O=C(NO)[C@H]1CNCCN1S(=O)(=O)c1ccc(Oc2ccc(F)cc2)cc1. The number of benzene rings is 2. The molecule has 2 aromatic carbocycles. The zero-order chi connectivity index (χ0) is 19.4. The molecule has 8 nitrogen and oxygen atoms in total. The van der Waals surface area contributed by atoms with Crippen molar-refractivity contribution in [2.75, 3.05) is 19.6 Å². The van der Waals surface area contributed by atoms with Gasteiger partial charge in [-0.05, 0) is 48.5 Å². The Bertz CT molecular complexity index is 909. The van der Waals surface area contributed by atoms with Gasteiger partial charge in [0.2, 0.25) is 10.0 Å². The van der Waals surface area contributed by atoms with Gasteiger partial charge in [0, 0.05) is 19.6 Å². The molecule has 1 aliphatic heterocycles. The van der Waals surface area contributed by atoms with Gasteiger partial charge >= 0.3 is 0 Å². The van der Waals surface area contributed by atoms with Crippen LogP contribution in [0.4, 0.5) is 4.39 Å². The Labute approximate surface area is 167 Å². The Hall–Kier alpha value is -2.24. The first-order valence-electron chi connectivity index (χ1n) is 8.12. The molecule has 3 rings (SSSR count). The van der Waals surface area contributed by atoms with E-state index in [2.05, 4.69) is 5.32 Å². The van der Waals surface area contributed by atoms with Crippen molar-refractivity contribution in [3.05, 3.63) is 54.3 Å². The van der Waals surface area contributed by atoms with E-state index in [-0.39, 0.29) is 36.2 Å². The average Bonchev–Trinajstić information content (AvgIpc) is 2.69. The first kappa shape index (κ1) is 22.1. The highest BCUT2D eigenvalue weighted by atomic mass is 35.5. The largest absolute Gasteiger partial charge is 0.457 e. The molecular formula is C17H19ClFN3O5S. The van der Waals surface area contributed by atoms with Crippen molar-refractivity contribution in [3.8, 4) is 11.5 Å². The van der Waals surface area contributed by atoms with E-state index in [0.717, 1.165) is 4.31 Å². The molecule has 0 spiro atoms. The Balaban J connectivity index is 0.00000280. The number of nitrogens with zero attached hydrogens (tertiary/aromatic N) is 1. The van der Waals surface area contributed by atoms with E-state index in [9.17, 15) is 17.6 Å². The normalized spacial score (nSPS) is 17.4. The summed E-state index contributed by atoms with van der Waals surface area (Å²) in [6, 6.07) is 10.0. The van der Waals surface area contributed by atoms with Gasteiger partial charge in [-0.25, -0.2) is 18.3 Å². The van der Waals surface area contributed by atoms with Crippen molar-refractivity contribution in [1.29, 1.82) is 0 Å². The summed E-state index contributed by atoms with van der Waals surface area (Å²) in [5.74, 6) is -0.400. The Morgan fingerprint density at radius 1 is 1.14 bits per heavy atom. The van der Waals surface area contributed by atoms with Crippen LogP contribution in [0.1, 0.15) is 0 Å². The fraction of sp³-hybridized carbons (Fsp3) is 0.235. The molecule has 0 aliphatic carbocycles. The summed E-state index contributed by atoms with van der Waals surface area (Å²) < 4.78 is 45.3. The van der Waals surface area contributed by atoms with E-state index < -0.39 is 22.0 Å². The summed E-state index contributed by atoms with van der Waals surface area (Å²) in [6.07, 6.45) is 0. The van der Waals surface area contributed by atoms with Crippen LogP contribution in [0.5, 0.6) is 11.5 Å². The smallest absolute Gasteiger partial charge is 0.263 e. The summed E-state index contributed by atoms with van der Waals surface area (Å²) in [4.78, 5) is 11.8. The van der Waals surface area contributed by atoms with Gasteiger partial charge in [0.05, 0.1) is 4.90 Å². The maximum Gasteiger partial charge on any atom is 0.263 e. The second-order valence-electron chi connectivity index (χ2n) is 5.84. The van der Waals surface area contributed by atoms with E-state index in [1.165, 1.54) is 54.0 Å². The monoisotopic (exact) mass is 431 g/mol. The zero-order valence-electron chi connectivity index (χ0n) is 14.5. The van der Waals surface area contributed by atoms with Crippen LogP contribution in [0.3, 0.4) is 0 Å². The van der Waals surface area contributed by atoms with Gasteiger partial charge < -0.3 is 10.1 Å². The molecule has 1 saturated heterocycles. The molecule has 0 radical (unpaired) electrons. The van der Waals surface area contributed by atoms with Crippen LogP contribution in [0, 0.1) is 5.82 Å². The summed E-state index contributed by atoms with van der Waals surface area (Å²) in [6.45, 7) is 0.575. The molecule has 0 saturated carbocycles. The lowest BCUT2D eigenvalue weighted by Gasteiger charge is -2.33. The van der Waals surface area contributed by atoms with Crippen molar-refractivity contribution in [3.63, 3.8) is 0 Å². The van der Waals surface area contributed by atoms with E-state index in [1.54, 1.807) is 0 Å². The molecule has 1 heterocycles. The minimum Gasteiger partial charge on any atom is -0.457 e. The average molecular weight is 432 g/mol. The molecule has 0 unspecified atom stereocenters. The molecule has 1 aliphatic rings. The number of hydrogen-bond donors (Lipinski definition) is 3. The van der Waals surface area contributed by atoms with Gasteiger partial charge in [-0.1, -0.05) is 0 Å². The number of rotatable bonds is 5. The minimum atomic E-state index is -3.95. The predicted molar refractivity (Wildman–Crippen MR) is 101 cm³/mol. The molecule has 1 fully saturated rings. The minimum absolute atomic E-state index is 0. The number of carbonyl (C=O) groups is 1. The molecular weight excluding hydrogens is 413 g/mol. The van der Waals surface area contributed by atoms with Crippen LogP contribution >= 0.6 is 12.4 Å². The van der Waals surface area contributed by atoms with Gasteiger partial charge in [0.15, 0.2) is 0 Å². The van der Waals surface area contributed by atoms with Crippen molar-refractivity contribution >= 4 is 28.3 Å². The van der Waals surface area contributed by atoms with Crippen molar-refractivity contribution in [1.82, 2.24) is 15.1 Å². The number of piperazine rings is 1. The third-order valence-electron chi connectivity index (χ3n) is 4.09. The number of carbonyl (C=O) groups excluding carboxylic acids is 1. The second-order valence-corrected chi connectivity index (χ2v) is 7.73. The first-order valence-corrected chi connectivity index (χ1v) is 9.56. The quantitative estimate of drug-likeness (QED) is 0.489. The fourth-order valence-electron chi connectivity index (χ4n) is 2.73. The Morgan fingerprint density at radius 3 is 2.29 bits per heavy atom. The second kappa shape index (κ2) is 9.30. The third-order valence-corrected chi connectivity index (χ3v) is 6.01. The third kappa shape index (κ3) is 4.78. The summed E-state index contributed by atoms with van der Waals surface area (Å²) >= 11 is 0. The molecule has 3 N–H and O–H groups in total. The van der Waals surface area contributed by atoms with E-state index in [1.807, 2.05) is 0 Å². The highest BCUT2D eigenvalue weighted by molar-refractivity contribution is 7.89. The highest BCUT2D eigenvalue weighted by Gasteiger charge is 2.37. The number of hydrogen-bond acceptors (Lipinski definition) is 6. The molecule has 1 atom stereocenters. The molecule has 11 heteroatoms. The van der Waals surface area contributed by atoms with Crippen LogP contribution in [0.25, 0.3) is 0 Å². The lowest BCUT2D eigenvalue weighted by molar-refractivity contribution is -0.133. The molecule has 152 valence electrons. The molecule has 28 heavy (non-hydrogen) atoms. The van der Waals surface area contributed by atoms with Crippen LogP contribution in [0.15, 0.2) is 53.4 Å². The summed E-state index contributed by atoms with van der Waals surface area (Å²) in [5.41, 5.74) is 1.50. The van der Waals surface area contributed by atoms with Crippen LogP contribution in [-0.2, 0) is 14.8 Å². The number of amides is 1. The Kier molecular flexibility index (Phi) is 7.33. The highest BCUT2D eigenvalue weighted by Crippen LogP contribution is 2.25. The molecule has 2 aromatic rings. The molecule has 0 aromatic heterocycles. The lowest BCUT2D eigenvalue weighted by Crippen LogP contribution is -2.59. The summed E-state index contributed by atoms with van der Waals surface area (Å²) in [5, 5.41) is 11.8. The number of sulfonamides is 1. The van der Waals surface area contributed by atoms with Gasteiger partial charge in [-0.3, -0.25) is 10.0 Å². The Morgan fingerprint density at radius 2 is 1.71 bits per heavy atom. The fourth-order valence-corrected chi connectivity index (χ4v) is 4.31. The first-order chi connectivity index (χ1) is 12.9. The van der Waals surface area contributed by atoms with Crippen molar-refractivity contribution in [2.24, 2.45) is 0 Å². The van der Waals surface area contributed by atoms with Crippen LogP contribution < -0.4 is 15.5 Å². The van der Waals surface area contributed by atoms with E-state index in [0.29, 0.717) is 18.0 Å². The zero-order valence-corrected chi connectivity index (χ0v) is 16.2. The van der Waals surface area contributed by atoms with Crippen LogP contribution in [0.2, 0.25) is 0 Å². The number of ether oxygens (including phenoxy) is 1. The molecule has 1 amide bonds. The van der Waals surface area contributed by atoms with E-state index in [4.69, 9.17) is 9.94 Å². The number of halogens is 2. The van der Waals surface area contributed by atoms with Gasteiger partial charge in [-0.15, -0.1) is 12.4 Å².